The van der Waals surface area contributed by atoms with Gasteiger partial charge in [-0.25, -0.2) is 5.43 Å². The van der Waals surface area contributed by atoms with Gasteiger partial charge < -0.3 is 9.88 Å². The standard InChI is InChI=1S/C23H26N6OS/c1-4-15-29-21(16-24-20-13-9-6-10-14-20)26-28-23(29)31-18(3)22(30)27-25-17(2)19-11-7-5-8-12-19/h4-14,18,24H,1,15-16H2,2-3H3,(H,27,30)/t18-/m1/s1. The number of carbonyl (C=O) groups excluding carboxylic acids is 1. The smallest absolute Gasteiger partial charge is 0.253 e. The molecule has 31 heavy (non-hydrogen) atoms. The largest absolute Gasteiger partial charge is 0.378 e. The molecule has 3 aromatic rings. The Kier molecular flexibility index (Phi) is 8.00. The number of hydrogen-bond donors (Lipinski definition) is 2. The summed E-state index contributed by atoms with van der Waals surface area (Å²) in [4.78, 5) is 12.5. The number of hydrogen-bond acceptors (Lipinski definition) is 6. The van der Waals surface area contributed by atoms with Crippen molar-refractivity contribution < 1.29 is 4.79 Å². The molecule has 8 heteroatoms. The Hall–Kier alpha value is -3.39. The number of hydrazone groups is 1. The van der Waals surface area contributed by atoms with Gasteiger partial charge in [-0.1, -0.05) is 66.4 Å². The number of nitrogens with zero attached hydrogens (tertiary/aromatic N) is 4. The van der Waals surface area contributed by atoms with Gasteiger partial charge in [0.15, 0.2) is 11.0 Å². The molecule has 2 aromatic carbocycles. The Balaban J connectivity index is 1.63. The van der Waals surface area contributed by atoms with E-state index in [1.807, 2.05) is 79.1 Å². The van der Waals surface area contributed by atoms with E-state index in [0.717, 1.165) is 22.8 Å². The molecule has 0 fully saturated rings. The van der Waals surface area contributed by atoms with Crippen molar-refractivity contribution in [3.63, 3.8) is 0 Å². The van der Waals surface area contributed by atoms with Crippen molar-refractivity contribution in [2.45, 2.75) is 37.3 Å². The van der Waals surface area contributed by atoms with E-state index in [0.29, 0.717) is 18.2 Å². The number of nitrogens with one attached hydrogen (secondary N) is 2. The van der Waals surface area contributed by atoms with Crippen LogP contribution in [-0.4, -0.2) is 31.6 Å². The van der Waals surface area contributed by atoms with Crippen LogP contribution in [0.15, 0.2) is 83.6 Å². The lowest BCUT2D eigenvalue weighted by Gasteiger charge is -2.12. The molecule has 0 aliphatic rings. The summed E-state index contributed by atoms with van der Waals surface area (Å²) in [6.07, 6.45) is 1.79. The summed E-state index contributed by atoms with van der Waals surface area (Å²) >= 11 is 1.34. The van der Waals surface area contributed by atoms with Gasteiger partial charge in [-0.3, -0.25) is 4.79 Å². The van der Waals surface area contributed by atoms with Gasteiger partial charge in [0.05, 0.1) is 17.5 Å². The Labute approximate surface area is 186 Å². The van der Waals surface area contributed by atoms with Gasteiger partial charge in [-0.15, -0.1) is 16.8 Å². The quantitative estimate of drug-likeness (QED) is 0.217. The SMILES string of the molecule is C=CCn1c(CNc2ccccc2)nnc1S[C@H](C)C(=O)NN=C(C)c1ccccc1. The summed E-state index contributed by atoms with van der Waals surface area (Å²) < 4.78 is 1.95. The van der Waals surface area contributed by atoms with E-state index in [4.69, 9.17) is 0 Å². The Morgan fingerprint density at radius 3 is 2.52 bits per heavy atom. The highest BCUT2D eigenvalue weighted by atomic mass is 32.2. The zero-order chi connectivity index (χ0) is 22.1. The molecule has 0 saturated heterocycles. The molecule has 3 rings (SSSR count). The maximum atomic E-state index is 12.5. The van der Waals surface area contributed by atoms with Crippen LogP contribution in [0.1, 0.15) is 25.2 Å². The van der Waals surface area contributed by atoms with Gasteiger partial charge in [0, 0.05) is 12.2 Å². The van der Waals surface area contributed by atoms with Crippen LogP contribution in [0.25, 0.3) is 0 Å². The first kappa shape index (κ1) is 22.3. The lowest BCUT2D eigenvalue weighted by Crippen LogP contribution is -2.28. The van der Waals surface area contributed by atoms with E-state index in [2.05, 4.69) is 32.6 Å². The summed E-state index contributed by atoms with van der Waals surface area (Å²) in [5, 5.41) is 16.4. The van der Waals surface area contributed by atoms with Crippen molar-refractivity contribution >= 4 is 29.1 Å². The molecule has 0 bridgehead atoms. The molecular formula is C23H26N6OS. The first-order valence-electron chi connectivity index (χ1n) is 9.96. The van der Waals surface area contributed by atoms with Crippen molar-refractivity contribution in [1.29, 1.82) is 0 Å². The van der Waals surface area contributed by atoms with E-state index in [1.165, 1.54) is 11.8 Å². The minimum absolute atomic E-state index is 0.197. The summed E-state index contributed by atoms with van der Waals surface area (Å²) in [7, 11) is 0. The van der Waals surface area contributed by atoms with Gasteiger partial charge in [0.1, 0.15) is 0 Å². The number of carbonyl (C=O) groups is 1. The molecule has 0 saturated carbocycles. The van der Waals surface area contributed by atoms with Crippen LogP contribution < -0.4 is 10.7 Å². The molecule has 0 aliphatic carbocycles. The lowest BCUT2D eigenvalue weighted by molar-refractivity contribution is -0.120. The second-order valence-electron chi connectivity index (χ2n) is 6.82. The number of rotatable bonds is 10. The van der Waals surface area contributed by atoms with Crippen LogP contribution in [0.5, 0.6) is 0 Å². The molecule has 1 amide bonds. The molecule has 7 nitrogen and oxygen atoms in total. The highest BCUT2D eigenvalue weighted by molar-refractivity contribution is 8.00. The van der Waals surface area contributed by atoms with Crippen molar-refractivity contribution in [1.82, 2.24) is 20.2 Å². The van der Waals surface area contributed by atoms with Gasteiger partial charge in [-0.2, -0.15) is 5.10 Å². The van der Waals surface area contributed by atoms with Crippen LogP contribution in [0, 0.1) is 0 Å². The van der Waals surface area contributed by atoms with E-state index >= 15 is 0 Å². The molecule has 1 heterocycles. The highest BCUT2D eigenvalue weighted by Gasteiger charge is 2.19. The van der Waals surface area contributed by atoms with Crippen LogP contribution in [0.3, 0.4) is 0 Å². The average Bonchev–Trinajstić information content (AvgIpc) is 3.18. The second-order valence-corrected chi connectivity index (χ2v) is 8.12. The third-order valence-corrected chi connectivity index (χ3v) is 5.59. The minimum Gasteiger partial charge on any atom is -0.378 e. The van der Waals surface area contributed by atoms with Gasteiger partial charge in [0.2, 0.25) is 0 Å². The summed E-state index contributed by atoms with van der Waals surface area (Å²) in [6, 6.07) is 19.6. The minimum atomic E-state index is -0.393. The third kappa shape index (κ3) is 6.29. The number of aromatic nitrogens is 3. The highest BCUT2D eigenvalue weighted by Crippen LogP contribution is 2.23. The predicted molar refractivity (Wildman–Crippen MR) is 126 cm³/mol. The second kappa shape index (κ2) is 11.1. The van der Waals surface area contributed by atoms with Crippen LogP contribution in [-0.2, 0) is 17.9 Å². The van der Waals surface area contributed by atoms with Crippen LogP contribution in [0.2, 0.25) is 0 Å². The Morgan fingerprint density at radius 1 is 1.16 bits per heavy atom. The molecule has 0 radical (unpaired) electrons. The fourth-order valence-corrected chi connectivity index (χ4v) is 3.64. The molecule has 0 spiro atoms. The predicted octanol–water partition coefficient (Wildman–Crippen LogP) is 4.10. The molecular weight excluding hydrogens is 408 g/mol. The Morgan fingerprint density at radius 2 is 1.84 bits per heavy atom. The number of anilines is 1. The van der Waals surface area contributed by atoms with Crippen molar-refractivity contribution in [2.24, 2.45) is 5.10 Å². The zero-order valence-corrected chi connectivity index (χ0v) is 18.5. The Bertz CT molecular complexity index is 1030. The fraction of sp³-hybridized carbons (Fsp3) is 0.217. The number of para-hydroxylation sites is 1. The van der Waals surface area contributed by atoms with Crippen LogP contribution >= 0.6 is 11.8 Å². The van der Waals surface area contributed by atoms with E-state index in [-0.39, 0.29) is 5.91 Å². The van der Waals surface area contributed by atoms with Crippen molar-refractivity contribution in [3.8, 4) is 0 Å². The molecule has 160 valence electrons. The van der Waals surface area contributed by atoms with E-state index in [9.17, 15) is 4.79 Å². The monoisotopic (exact) mass is 434 g/mol. The third-order valence-electron chi connectivity index (χ3n) is 4.51. The first-order chi connectivity index (χ1) is 15.1. The number of allylic oxidation sites excluding steroid dienone is 1. The molecule has 1 aromatic heterocycles. The summed E-state index contributed by atoms with van der Waals surface area (Å²) in [5.74, 6) is 0.578. The zero-order valence-electron chi connectivity index (χ0n) is 17.7. The first-order valence-corrected chi connectivity index (χ1v) is 10.8. The molecule has 0 unspecified atom stereocenters. The summed E-state index contributed by atoms with van der Waals surface area (Å²) in [6.45, 7) is 8.58. The fourth-order valence-electron chi connectivity index (χ4n) is 2.77. The number of amides is 1. The topological polar surface area (TPSA) is 84.2 Å². The van der Waals surface area contributed by atoms with E-state index < -0.39 is 5.25 Å². The number of thioether (sulfide) groups is 1. The average molecular weight is 435 g/mol. The number of benzene rings is 2. The van der Waals surface area contributed by atoms with Crippen molar-refractivity contribution in [3.05, 3.63) is 84.7 Å². The van der Waals surface area contributed by atoms with E-state index in [1.54, 1.807) is 6.08 Å². The van der Waals surface area contributed by atoms with Crippen LogP contribution in [0.4, 0.5) is 5.69 Å². The maximum Gasteiger partial charge on any atom is 0.253 e. The summed E-state index contributed by atoms with van der Waals surface area (Å²) in [5.41, 5.74) is 5.36. The molecule has 0 aliphatic heterocycles. The molecule has 1 atom stereocenters. The van der Waals surface area contributed by atoms with Crippen molar-refractivity contribution in [2.75, 3.05) is 5.32 Å². The maximum absolute atomic E-state index is 12.5. The van der Waals surface area contributed by atoms with Gasteiger partial charge >= 0.3 is 0 Å². The van der Waals surface area contributed by atoms with Gasteiger partial charge in [-0.05, 0) is 31.5 Å². The van der Waals surface area contributed by atoms with Gasteiger partial charge in [0.25, 0.3) is 5.91 Å². The lowest BCUT2D eigenvalue weighted by atomic mass is 10.1. The normalized spacial score (nSPS) is 12.3. The molecule has 2 N–H and O–H groups in total.